The smallest absolute Gasteiger partial charge is 0.135 e. The molecular weight excluding hydrogens is 210 g/mol. The van der Waals surface area contributed by atoms with Crippen LogP contribution >= 0.6 is 11.3 Å². The van der Waals surface area contributed by atoms with E-state index in [-0.39, 0.29) is 5.78 Å². The van der Waals surface area contributed by atoms with E-state index in [2.05, 4.69) is 4.98 Å². The third-order valence-electron chi connectivity index (χ3n) is 1.93. The van der Waals surface area contributed by atoms with Crippen LogP contribution in [-0.4, -0.2) is 10.8 Å². The Labute approximate surface area is 91.8 Å². The molecule has 0 aliphatic carbocycles. The Kier molecular flexibility index (Phi) is 2.97. The van der Waals surface area contributed by atoms with Crippen molar-refractivity contribution in [3.05, 3.63) is 40.2 Å². The summed E-state index contributed by atoms with van der Waals surface area (Å²) in [5.74, 6) is 1.04. The molecule has 0 fully saturated rings. The lowest BCUT2D eigenvalue weighted by Gasteiger charge is -1.91. The second kappa shape index (κ2) is 4.40. The Bertz CT molecular complexity index is 445. The lowest BCUT2D eigenvalue weighted by Crippen LogP contribution is -1.96. The average molecular weight is 221 g/mol. The number of nitrogens with zero attached hydrogens (tertiary/aromatic N) is 1. The maximum atomic E-state index is 10.9. The predicted octanol–water partition coefficient (Wildman–Crippen LogP) is 2.46. The van der Waals surface area contributed by atoms with Gasteiger partial charge >= 0.3 is 0 Å². The van der Waals surface area contributed by atoms with Gasteiger partial charge in [0.15, 0.2) is 0 Å². The third-order valence-corrected chi connectivity index (χ3v) is 2.83. The number of ketones is 1. The summed E-state index contributed by atoms with van der Waals surface area (Å²) in [5, 5.41) is 2.92. The quantitative estimate of drug-likeness (QED) is 0.796. The number of carbonyl (C=O) groups excluding carboxylic acids is 1. The predicted molar refractivity (Wildman–Crippen MR) is 58.0 cm³/mol. The molecule has 0 N–H and O–H groups in total. The molecule has 78 valence electrons. The Morgan fingerprint density at radius 3 is 3.13 bits per heavy atom. The highest BCUT2D eigenvalue weighted by Gasteiger charge is 2.06. The molecule has 0 atom stereocenters. The summed E-state index contributed by atoms with van der Waals surface area (Å²) >= 11 is 1.57. The van der Waals surface area contributed by atoms with Crippen molar-refractivity contribution < 1.29 is 9.21 Å². The number of Topliss-reactive ketones (excluding diaryl/α,β-unsaturated/α-hetero) is 1. The topological polar surface area (TPSA) is 43.1 Å². The molecule has 0 saturated heterocycles. The van der Waals surface area contributed by atoms with Gasteiger partial charge in [0.2, 0.25) is 0 Å². The summed E-state index contributed by atoms with van der Waals surface area (Å²) in [6.45, 7) is 1.57. The van der Waals surface area contributed by atoms with Gasteiger partial charge in [0.1, 0.15) is 16.6 Å². The molecule has 0 bridgehead atoms. The van der Waals surface area contributed by atoms with E-state index < -0.39 is 0 Å². The second-order valence-corrected chi connectivity index (χ2v) is 4.31. The lowest BCUT2D eigenvalue weighted by atomic mass is 10.2. The molecule has 0 aromatic carbocycles. The number of rotatable bonds is 4. The van der Waals surface area contributed by atoms with Gasteiger partial charge in [-0.05, 0) is 19.1 Å². The maximum absolute atomic E-state index is 10.9. The van der Waals surface area contributed by atoms with E-state index in [0.29, 0.717) is 12.8 Å². The second-order valence-electron chi connectivity index (χ2n) is 3.37. The Morgan fingerprint density at radius 1 is 1.60 bits per heavy atom. The van der Waals surface area contributed by atoms with Crippen LogP contribution in [0, 0.1) is 0 Å². The molecule has 2 rings (SSSR count). The van der Waals surface area contributed by atoms with Gasteiger partial charge in [0.05, 0.1) is 18.4 Å². The summed E-state index contributed by atoms with van der Waals surface area (Å²) in [4.78, 5) is 15.2. The van der Waals surface area contributed by atoms with Crippen LogP contribution in [0.5, 0.6) is 0 Å². The fraction of sp³-hybridized carbons (Fsp3) is 0.273. The molecule has 2 aromatic heterocycles. The van der Waals surface area contributed by atoms with Crippen LogP contribution in [0.4, 0.5) is 0 Å². The van der Waals surface area contributed by atoms with Crippen molar-refractivity contribution in [1.82, 2.24) is 4.98 Å². The van der Waals surface area contributed by atoms with Gasteiger partial charge in [-0.3, -0.25) is 4.79 Å². The molecule has 0 unspecified atom stereocenters. The first-order chi connectivity index (χ1) is 7.24. The Balaban J connectivity index is 2.04. The van der Waals surface area contributed by atoms with Gasteiger partial charge in [-0.2, -0.15) is 0 Å². The summed E-state index contributed by atoms with van der Waals surface area (Å²) < 4.78 is 5.23. The molecule has 0 aliphatic heterocycles. The minimum atomic E-state index is 0.143. The SMILES string of the molecule is CC(=O)Cc1csc(Cc2ccco2)n1. The standard InChI is InChI=1S/C11H11NO2S/c1-8(13)5-9-7-15-11(12-9)6-10-3-2-4-14-10/h2-4,7H,5-6H2,1H3. The first-order valence-electron chi connectivity index (χ1n) is 4.69. The minimum absolute atomic E-state index is 0.143. The van der Waals surface area contributed by atoms with Gasteiger partial charge in [-0.1, -0.05) is 0 Å². The molecular formula is C11H11NO2S. The largest absolute Gasteiger partial charge is 0.469 e. The summed E-state index contributed by atoms with van der Waals surface area (Å²) in [6.07, 6.45) is 2.78. The number of carbonyl (C=O) groups is 1. The van der Waals surface area contributed by atoms with Crippen molar-refractivity contribution in [3.8, 4) is 0 Å². The van der Waals surface area contributed by atoms with Crippen molar-refractivity contribution in [3.63, 3.8) is 0 Å². The molecule has 2 aromatic rings. The molecule has 3 nitrogen and oxygen atoms in total. The van der Waals surface area contributed by atoms with Crippen LogP contribution < -0.4 is 0 Å². The number of hydrogen-bond acceptors (Lipinski definition) is 4. The zero-order valence-electron chi connectivity index (χ0n) is 8.40. The third kappa shape index (κ3) is 2.76. The zero-order chi connectivity index (χ0) is 10.7. The fourth-order valence-electron chi connectivity index (χ4n) is 1.33. The van der Waals surface area contributed by atoms with Crippen molar-refractivity contribution in [2.45, 2.75) is 19.8 Å². The molecule has 2 heterocycles. The highest BCUT2D eigenvalue weighted by Crippen LogP contribution is 2.15. The molecule has 0 aliphatic rings. The van der Waals surface area contributed by atoms with E-state index in [0.717, 1.165) is 16.5 Å². The Morgan fingerprint density at radius 2 is 2.47 bits per heavy atom. The summed E-state index contributed by atoms with van der Waals surface area (Å²) in [5.41, 5.74) is 0.856. The van der Waals surface area contributed by atoms with E-state index in [4.69, 9.17) is 4.42 Å². The van der Waals surface area contributed by atoms with Gasteiger partial charge < -0.3 is 4.42 Å². The van der Waals surface area contributed by atoms with Gasteiger partial charge in [0, 0.05) is 11.8 Å². The van der Waals surface area contributed by atoms with Crippen LogP contribution in [0.25, 0.3) is 0 Å². The average Bonchev–Trinajstić information content (AvgIpc) is 2.77. The van der Waals surface area contributed by atoms with Gasteiger partial charge in [-0.25, -0.2) is 4.98 Å². The normalized spacial score (nSPS) is 10.5. The van der Waals surface area contributed by atoms with Crippen LogP contribution in [0.1, 0.15) is 23.4 Å². The fourth-order valence-corrected chi connectivity index (χ4v) is 2.13. The highest BCUT2D eigenvalue weighted by molar-refractivity contribution is 7.09. The van der Waals surface area contributed by atoms with Crippen LogP contribution in [0.2, 0.25) is 0 Å². The first kappa shape index (κ1) is 10.1. The number of hydrogen-bond donors (Lipinski definition) is 0. The first-order valence-corrected chi connectivity index (χ1v) is 5.57. The van der Waals surface area contributed by atoms with Gasteiger partial charge in [0.25, 0.3) is 0 Å². The van der Waals surface area contributed by atoms with Crippen molar-refractivity contribution in [2.75, 3.05) is 0 Å². The minimum Gasteiger partial charge on any atom is -0.469 e. The zero-order valence-corrected chi connectivity index (χ0v) is 9.21. The molecule has 4 heteroatoms. The van der Waals surface area contributed by atoms with Crippen LogP contribution in [0.3, 0.4) is 0 Å². The van der Waals surface area contributed by atoms with E-state index >= 15 is 0 Å². The lowest BCUT2D eigenvalue weighted by molar-refractivity contribution is -0.116. The van der Waals surface area contributed by atoms with Crippen molar-refractivity contribution in [2.24, 2.45) is 0 Å². The maximum Gasteiger partial charge on any atom is 0.135 e. The summed E-state index contributed by atoms with van der Waals surface area (Å²) in [7, 11) is 0. The molecule has 0 amide bonds. The number of furan rings is 1. The van der Waals surface area contributed by atoms with E-state index in [1.165, 1.54) is 0 Å². The highest BCUT2D eigenvalue weighted by atomic mass is 32.1. The van der Waals surface area contributed by atoms with Gasteiger partial charge in [-0.15, -0.1) is 11.3 Å². The van der Waals surface area contributed by atoms with E-state index in [1.807, 2.05) is 17.5 Å². The summed E-state index contributed by atoms with van der Waals surface area (Å²) in [6, 6.07) is 3.78. The Hall–Kier alpha value is -1.42. The molecule has 0 spiro atoms. The molecule has 15 heavy (non-hydrogen) atoms. The van der Waals surface area contributed by atoms with Crippen molar-refractivity contribution in [1.29, 1.82) is 0 Å². The number of aromatic nitrogens is 1. The number of thiazole rings is 1. The van der Waals surface area contributed by atoms with Crippen molar-refractivity contribution >= 4 is 17.1 Å². The van der Waals surface area contributed by atoms with Crippen LogP contribution in [0.15, 0.2) is 28.2 Å². The monoisotopic (exact) mass is 221 g/mol. The molecule has 0 saturated carbocycles. The van der Waals surface area contributed by atoms with E-state index in [1.54, 1.807) is 24.5 Å². The van der Waals surface area contributed by atoms with E-state index in [9.17, 15) is 4.79 Å². The molecule has 0 radical (unpaired) electrons. The van der Waals surface area contributed by atoms with Crippen LogP contribution in [-0.2, 0) is 17.6 Å².